The van der Waals surface area contributed by atoms with E-state index in [-0.39, 0.29) is 11.6 Å². The van der Waals surface area contributed by atoms with Gasteiger partial charge in [-0.1, -0.05) is 41.5 Å². The highest BCUT2D eigenvalue weighted by Gasteiger charge is 2.51. The molecule has 0 spiro atoms. The van der Waals surface area contributed by atoms with E-state index in [4.69, 9.17) is 4.99 Å². The second kappa shape index (κ2) is 5.75. The van der Waals surface area contributed by atoms with E-state index >= 15 is 0 Å². The molecule has 2 aliphatic heterocycles. The van der Waals surface area contributed by atoms with Gasteiger partial charge in [-0.05, 0) is 52.2 Å². The SMILES string of the molecule is CC(C)=CCN1c2ccccc2[C@]2(CC=C(C)C)CC=NC12. The Hall–Kier alpha value is -1.83. The standard InChI is InChI=1S/C20H26N2/c1-15(2)9-11-20-12-13-21-19(20)22(14-10-16(3)4)18-8-6-5-7-17(18)20/h5-10,13,19H,11-12,14H2,1-4H3/t19?,20-/m0/s1. The van der Waals surface area contributed by atoms with Crippen molar-refractivity contribution < 1.29 is 0 Å². The Morgan fingerprint density at radius 2 is 1.91 bits per heavy atom. The Labute approximate surface area is 134 Å². The first-order valence-corrected chi connectivity index (χ1v) is 8.19. The fourth-order valence-electron chi connectivity index (χ4n) is 3.63. The van der Waals surface area contributed by atoms with E-state index in [1.54, 1.807) is 0 Å². The van der Waals surface area contributed by atoms with Crippen LogP contribution < -0.4 is 4.90 Å². The lowest BCUT2D eigenvalue weighted by atomic mass is 9.76. The molecule has 0 N–H and O–H groups in total. The molecule has 2 nitrogen and oxygen atoms in total. The minimum atomic E-state index is 0.128. The molecule has 3 rings (SSSR count). The lowest BCUT2D eigenvalue weighted by Gasteiger charge is -2.31. The average Bonchev–Trinajstić information content (AvgIpc) is 2.99. The average molecular weight is 294 g/mol. The third-order valence-corrected chi connectivity index (χ3v) is 4.81. The molecule has 2 heterocycles. The Morgan fingerprint density at radius 3 is 2.64 bits per heavy atom. The lowest BCUT2D eigenvalue weighted by Crippen LogP contribution is -2.40. The van der Waals surface area contributed by atoms with Crippen LogP contribution in [0.3, 0.4) is 0 Å². The Morgan fingerprint density at radius 1 is 1.18 bits per heavy atom. The summed E-state index contributed by atoms with van der Waals surface area (Å²) in [7, 11) is 0. The van der Waals surface area contributed by atoms with E-state index in [2.05, 4.69) is 75.2 Å². The zero-order valence-corrected chi connectivity index (χ0v) is 14.1. The third kappa shape index (κ3) is 2.41. The molecule has 0 saturated heterocycles. The number of benzene rings is 1. The molecule has 1 unspecified atom stereocenters. The molecule has 0 amide bonds. The van der Waals surface area contributed by atoms with Gasteiger partial charge in [0.25, 0.3) is 0 Å². The number of para-hydroxylation sites is 1. The molecule has 2 aliphatic rings. The van der Waals surface area contributed by atoms with Crippen molar-refractivity contribution in [3.05, 3.63) is 53.1 Å². The molecule has 116 valence electrons. The zero-order chi connectivity index (χ0) is 15.7. The highest BCUT2D eigenvalue weighted by molar-refractivity contribution is 5.75. The summed E-state index contributed by atoms with van der Waals surface area (Å²) < 4.78 is 0. The Bertz CT molecular complexity index is 645. The summed E-state index contributed by atoms with van der Waals surface area (Å²) in [6.07, 6.45) is 9.18. The van der Waals surface area contributed by atoms with Crippen LogP contribution in [-0.2, 0) is 5.41 Å². The normalized spacial score (nSPS) is 24.9. The van der Waals surface area contributed by atoms with E-state index in [1.807, 2.05) is 0 Å². The molecule has 2 atom stereocenters. The number of fused-ring (bicyclic) bond motifs is 3. The molecule has 0 aromatic heterocycles. The molecule has 1 aromatic rings. The van der Waals surface area contributed by atoms with Gasteiger partial charge in [0, 0.05) is 23.9 Å². The summed E-state index contributed by atoms with van der Waals surface area (Å²) in [6, 6.07) is 8.88. The number of hydrogen-bond acceptors (Lipinski definition) is 2. The van der Waals surface area contributed by atoms with E-state index in [0.29, 0.717) is 0 Å². The number of rotatable bonds is 4. The Balaban J connectivity index is 2.04. The van der Waals surface area contributed by atoms with Crippen molar-refractivity contribution in [3.63, 3.8) is 0 Å². The van der Waals surface area contributed by atoms with Crippen LogP contribution >= 0.6 is 0 Å². The van der Waals surface area contributed by atoms with Crippen LogP contribution in [0.2, 0.25) is 0 Å². The van der Waals surface area contributed by atoms with Crippen molar-refractivity contribution in [1.29, 1.82) is 0 Å². The van der Waals surface area contributed by atoms with Crippen LogP contribution in [0.25, 0.3) is 0 Å². The largest absolute Gasteiger partial charge is 0.345 e. The molecule has 0 radical (unpaired) electrons. The molecule has 0 fully saturated rings. The van der Waals surface area contributed by atoms with Gasteiger partial charge in [0.05, 0.1) is 0 Å². The molecular weight excluding hydrogens is 268 g/mol. The Kier molecular flexibility index (Phi) is 3.94. The maximum atomic E-state index is 4.86. The maximum Gasteiger partial charge on any atom is 0.131 e. The highest BCUT2D eigenvalue weighted by atomic mass is 15.3. The summed E-state index contributed by atoms with van der Waals surface area (Å²) in [4.78, 5) is 7.34. The lowest BCUT2D eigenvalue weighted by molar-refractivity contribution is 0.404. The van der Waals surface area contributed by atoms with Crippen molar-refractivity contribution >= 4 is 11.9 Å². The van der Waals surface area contributed by atoms with Crippen molar-refractivity contribution in [1.82, 2.24) is 0 Å². The second-order valence-electron chi connectivity index (χ2n) is 7.00. The summed E-state index contributed by atoms with van der Waals surface area (Å²) in [5.74, 6) is 0. The van der Waals surface area contributed by atoms with Gasteiger partial charge in [-0.3, -0.25) is 4.99 Å². The van der Waals surface area contributed by atoms with E-state index in [1.165, 1.54) is 22.4 Å². The minimum absolute atomic E-state index is 0.128. The number of anilines is 1. The summed E-state index contributed by atoms with van der Waals surface area (Å²) in [5.41, 5.74) is 5.71. The van der Waals surface area contributed by atoms with Gasteiger partial charge < -0.3 is 4.90 Å². The second-order valence-corrected chi connectivity index (χ2v) is 7.00. The van der Waals surface area contributed by atoms with Crippen molar-refractivity contribution in [2.75, 3.05) is 11.4 Å². The number of nitrogens with zero attached hydrogens (tertiary/aromatic N) is 2. The highest BCUT2D eigenvalue weighted by Crippen LogP contribution is 2.52. The fourth-order valence-corrected chi connectivity index (χ4v) is 3.63. The topological polar surface area (TPSA) is 15.6 Å². The van der Waals surface area contributed by atoms with Gasteiger partial charge in [-0.25, -0.2) is 0 Å². The van der Waals surface area contributed by atoms with Crippen LogP contribution in [0.5, 0.6) is 0 Å². The van der Waals surface area contributed by atoms with E-state index in [0.717, 1.165) is 19.4 Å². The molecule has 2 heteroatoms. The van der Waals surface area contributed by atoms with Gasteiger partial charge in [-0.2, -0.15) is 0 Å². The predicted molar refractivity (Wildman–Crippen MR) is 95.8 cm³/mol. The molecule has 22 heavy (non-hydrogen) atoms. The summed E-state index contributed by atoms with van der Waals surface area (Å²) in [6.45, 7) is 9.64. The van der Waals surface area contributed by atoms with E-state index < -0.39 is 0 Å². The smallest absolute Gasteiger partial charge is 0.131 e. The van der Waals surface area contributed by atoms with Gasteiger partial charge in [0.15, 0.2) is 0 Å². The van der Waals surface area contributed by atoms with Crippen LogP contribution in [-0.4, -0.2) is 18.9 Å². The van der Waals surface area contributed by atoms with Crippen LogP contribution in [0.4, 0.5) is 5.69 Å². The van der Waals surface area contributed by atoms with Crippen molar-refractivity contribution in [2.24, 2.45) is 4.99 Å². The minimum Gasteiger partial charge on any atom is -0.345 e. The van der Waals surface area contributed by atoms with Crippen LogP contribution in [0.1, 0.15) is 46.1 Å². The number of hydrogen-bond donors (Lipinski definition) is 0. The first-order chi connectivity index (χ1) is 10.5. The summed E-state index contributed by atoms with van der Waals surface area (Å²) >= 11 is 0. The van der Waals surface area contributed by atoms with Crippen molar-refractivity contribution in [3.8, 4) is 0 Å². The van der Waals surface area contributed by atoms with Gasteiger partial charge >= 0.3 is 0 Å². The molecule has 0 aliphatic carbocycles. The molecule has 0 saturated carbocycles. The quantitative estimate of drug-likeness (QED) is 0.723. The predicted octanol–water partition coefficient (Wildman–Crippen LogP) is 4.87. The first kappa shape index (κ1) is 15.1. The molecule has 1 aromatic carbocycles. The number of allylic oxidation sites excluding steroid dienone is 3. The van der Waals surface area contributed by atoms with Crippen LogP contribution in [0, 0.1) is 0 Å². The number of aliphatic imine (C=N–C) groups is 1. The third-order valence-electron chi connectivity index (χ3n) is 4.81. The summed E-state index contributed by atoms with van der Waals surface area (Å²) in [5, 5.41) is 0. The van der Waals surface area contributed by atoms with Crippen LogP contribution in [0.15, 0.2) is 52.6 Å². The zero-order valence-electron chi connectivity index (χ0n) is 14.1. The van der Waals surface area contributed by atoms with Gasteiger partial charge in [0.1, 0.15) is 6.17 Å². The van der Waals surface area contributed by atoms with Crippen molar-refractivity contribution in [2.45, 2.75) is 52.1 Å². The monoisotopic (exact) mass is 294 g/mol. The molecular formula is C20H26N2. The first-order valence-electron chi connectivity index (χ1n) is 8.19. The maximum absolute atomic E-state index is 4.86. The fraction of sp³-hybridized carbons (Fsp3) is 0.450. The van der Waals surface area contributed by atoms with Gasteiger partial charge in [-0.15, -0.1) is 0 Å². The van der Waals surface area contributed by atoms with Gasteiger partial charge in [0.2, 0.25) is 0 Å². The molecule has 0 bridgehead atoms. The van der Waals surface area contributed by atoms with E-state index in [9.17, 15) is 0 Å².